The summed E-state index contributed by atoms with van der Waals surface area (Å²) in [5.41, 5.74) is 0. The summed E-state index contributed by atoms with van der Waals surface area (Å²) in [6.45, 7) is 1.94. The van der Waals surface area contributed by atoms with Crippen molar-refractivity contribution in [3.8, 4) is 0 Å². The number of amides is 1. The third-order valence-corrected chi connectivity index (χ3v) is 2.54. The van der Waals surface area contributed by atoms with Gasteiger partial charge in [0.1, 0.15) is 6.54 Å². The van der Waals surface area contributed by atoms with Crippen molar-refractivity contribution in [1.82, 2.24) is 10.6 Å². The van der Waals surface area contributed by atoms with Crippen LogP contribution in [-0.4, -0.2) is 44.4 Å². The van der Waals surface area contributed by atoms with Gasteiger partial charge in [-0.25, -0.2) is 0 Å². The van der Waals surface area contributed by atoms with E-state index in [0.717, 1.165) is 13.0 Å². The fourth-order valence-corrected chi connectivity index (χ4v) is 1.66. The van der Waals surface area contributed by atoms with Crippen LogP contribution in [0.3, 0.4) is 0 Å². The van der Waals surface area contributed by atoms with Gasteiger partial charge in [0.25, 0.3) is 0 Å². The molecular formula is C10H17F3N2O2. The average molecular weight is 254 g/mol. The first kappa shape index (κ1) is 14.2. The molecule has 2 unspecified atom stereocenters. The topological polar surface area (TPSA) is 50.4 Å². The maximum atomic E-state index is 11.9. The number of hydrogen-bond donors (Lipinski definition) is 2. The predicted molar refractivity (Wildman–Crippen MR) is 55.5 cm³/mol. The van der Waals surface area contributed by atoms with Gasteiger partial charge in [-0.15, -0.1) is 0 Å². The molecular weight excluding hydrogens is 237 g/mol. The lowest BCUT2D eigenvalue weighted by molar-refractivity contribution is -0.141. The number of alkyl halides is 3. The lowest BCUT2D eigenvalue weighted by atomic mass is 10.0. The smallest absolute Gasteiger partial charge is 0.379 e. The van der Waals surface area contributed by atoms with E-state index in [9.17, 15) is 18.0 Å². The van der Waals surface area contributed by atoms with Crippen LogP contribution in [0.4, 0.5) is 13.2 Å². The fourth-order valence-electron chi connectivity index (χ4n) is 1.66. The molecule has 1 saturated heterocycles. The molecule has 0 aromatic carbocycles. The monoisotopic (exact) mass is 254 g/mol. The molecule has 1 amide bonds. The Balaban J connectivity index is 2.39. The number of halogens is 3. The van der Waals surface area contributed by atoms with Crippen LogP contribution in [0.25, 0.3) is 0 Å². The maximum Gasteiger partial charge on any atom is 0.405 e. The second-order valence-corrected chi connectivity index (χ2v) is 4.04. The largest absolute Gasteiger partial charge is 0.405 e. The lowest BCUT2D eigenvalue weighted by Crippen LogP contribution is -2.46. The molecule has 1 aliphatic heterocycles. The van der Waals surface area contributed by atoms with E-state index < -0.39 is 24.5 Å². The van der Waals surface area contributed by atoms with Crippen LogP contribution in [0.2, 0.25) is 0 Å². The molecule has 0 aliphatic carbocycles. The SMILES string of the molecule is CCCNC1COCC1C(=O)NCC(F)(F)F. The van der Waals surface area contributed by atoms with Crippen LogP contribution in [0.15, 0.2) is 0 Å². The van der Waals surface area contributed by atoms with Crippen LogP contribution in [-0.2, 0) is 9.53 Å². The number of rotatable bonds is 5. The summed E-state index contributed by atoms with van der Waals surface area (Å²) < 4.78 is 40.9. The number of hydrogen-bond acceptors (Lipinski definition) is 3. The molecule has 1 rings (SSSR count). The number of carbonyl (C=O) groups excluding carboxylic acids is 1. The predicted octanol–water partition coefficient (Wildman–Crippen LogP) is 0.679. The minimum absolute atomic E-state index is 0.172. The second kappa shape index (κ2) is 6.20. The zero-order valence-corrected chi connectivity index (χ0v) is 9.64. The van der Waals surface area contributed by atoms with Gasteiger partial charge in [-0.05, 0) is 13.0 Å². The van der Waals surface area contributed by atoms with Crippen molar-refractivity contribution in [2.45, 2.75) is 25.6 Å². The normalized spacial score (nSPS) is 24.9. The molecule has 4 nitrogen and oxygen atoms in total. The van der Waals surface area contributed by atoms with Gasteiger partial charge in [-0.1, -0.05) is 6.92 Å². The van der Waals surface area contributed by atoms with Gasteiger partial charge in [0.2, 0.25) is 5.91 Å². The molecule has 2 atom stereocenters. The Morgan fingerprint density at radius 1 is 1.41 bits per heavy atom. The van der Waals surface area contributed by atoms with Crippen molar-refractivity contribution in [2.24, 2.45) is 5.92 Å². The molecule has 2 N–H and O–H groups in total. The average Bonchev–Trinajstić information content (AvgIpc) is 2.70. The summed E-state index contributed by atoms with van der Waals surface area (Å²) >= 11 is 0. The molecule has 0 saturated carbocycles. The van der Waals surface area contributed by atoms with Crippen molar-refractivity contribution in [3.63, 3.8) is 0 Å². The van der Waals surface area contributed by atoms with E-state index in [-0.39, 0.29) is 12.6 Å². The van der Waals surface area contributed by atoms with Gasteiger partial charge in [0, 0.05) is 6.04 Å². The summed E-state index contributed by atoms with van der Waals surface area (Å²) in [5.74, 6) is -1.14. The van der Waals surface area contributed by atoms with Gasteiger partial charge >= 0.3 is 6.18 Å². The molecule has 1 aliphatic rings. The first-order chi connectivity index (χ1) is 7.94. The molecule has 1 fully saturated rings. The summed E-state index contributed by atoms with van der Waals surface area (Å²) in [5, 5.41) is 4.98. The minimum atomic E-state index is -4.37. The molecule has 0 spiro atoms. The number of nitrogens with one attached hydrogen (secondary N) is 2. The standard InChI is InChI=1S/C10H17F3N2O2/c1-2-3-14-8-5-17-4-7(8)9(16)15-6-10(11,12)13/h7-8,14H,2-6H2,1H3,(H,15,16). The number of ether oxygens (including phenoxy) is 1. The van der Waals surface area contributed by atoms with Crippen molar-refractivity contribution < 1.29 is 22.7 Å². The molecule has 0 aromatic heterocycles. The Morgan fingerprint density at radius 2 is 2.12 bits per heavy atom. The van der Waals surface area contributed by atoms with Crippen LogP contribution in [0, 0.1) is 5.92 Å². The van der Waals surface area contributed by atoms with E-state index >= 15 is 0 Å². The van der Waals surface area contributed by atoms with E-state index in [2.05, 4.69) is 5.32 Å². The van der Waals surface area contributed by atoms with Crippen molar-refractivity contribution in [1.29, 1.82) is 0 Å². The van der Waals surface area contributed by atoms with Crippen LogP contribution in [0.1, 0.15) is 13.3 Å². The van der Waals surface area contributed by atoms with Gasteiger partial charge in [0.05, 0.1) is 19.1 Å². The molecule has 100 valence electrons. The molecule has 0 radical (unpaired) electrons. The Morgan fingerprint density at radius 3 is 2.71 bits per heavy atom. The first-order valence-electron chi connectivity index (χ1n) is 5.59. The Bertz CT molecular complexity index is 258. The summed E-state index contributed by atoms with van der Waals surface area (Å²) in [6.07, 6.45) is -3.48. The molecule has 1 heterocycles. The van der Waals surface area contributed by atoms with E-state index in [0.29, 0.717) is 6.61 Å². The highest BCUT2D eigenvalue weighted by Crippen LogP contribution is 2.16. The van der Waals surface area contributed by atoms with E-state index in [1.807, 2.05) is 12.2 Å². The number of carbonyl (C=O) groups is 1. The zero-order valence-electron chi connectivity index (χ0n) is 9.64. The van der Waals surface area contributed by atoms with Crippen molar-refractivity contribution in [3.05, 3.63) is 0 Å². The van der Waals surface area contributed by atoms with Gasteiger partial charge < -0.3 is 15.4 Å². The maximum absolute atomic E-state index is 11.9. The Kier molecular flexibility index (Phi) is 5.20. The summed E-state index contributed by atoms with van der Waals surface area (Å²) in [6, 6.07) is -0.191. The van der Waals surface area contributed by atoms with E-state index in [4.69, 9.17) is 4.74 Å². The second-order valence-electron chi connectivity index (χ2n) is 4.04. The molecule has 7 heteroatoms. The van der Waals surface area contributed by atoms with Crippen LogP contribution in [0.5, 0.6) is 0 Å². The van der Waals surface area contributed by atoms with Gasteiger partial charge in [-0.3, -0.25) is 4.79 Å². The zero-order chi connectivity index (χ0) is 12.9. The lowest BCUT2D eigenvalue weighted by Gasteiger charge is -2.18. The van der Waals surface area contributed by atoms with Gasteiger partial charge in [-0.2, -0.15) is 13.2 Å². The first-order valence-corrected chi connectivity index (χ1v) is 5.59. The Labute approximate surface area is 97.9 Å². The van der Waals surface area contributed by atoms with E-state index in [1.165, 1.54) is 0 Å². The third-order valence-electron chi connectivity index (χ3n) is 2.54. The minimum Gasteiger partial charge on any atom is -0.379 e. The van der Waals surface area contributed by atoms with E-state index in [1.54, 1.807) is 0 Å². The third kappa shape index (κ3) is 4.91. The summed E-state index contributed by atoms with van der Waals surface area (Å²) in [7, 11) is 0. The highest BCUT2D eigenvalue weighted by atomic mass is 19.4. The Hall–Kier alpha value is -0.820. The molecule has 17 heavy (non-hydrogen) atoms. The van der Waals surface area contributed by atoms with Gasteiger partial charge in [0.15, 0.2) is 0 Å². The molecule has 0 aromatic rings. The van der Waals surface area contributed by atoms with Crippen LogP contribution < -0.4 is 10.6 Å². The highest BCUT2D eigenvalue weighted by molar-refractivity contribution is 5.79. The fraction of sp³-hybridized carbons (Fsp3) is 0.900. The van der Waals surface area contributed by atoms with Crippen molar-refractivity contribution >= 4 is 5.91 Å². The highest BCUT2D eigenvalue weighted by Gasteiger charge is 2.35. The molecule has 0 bridgehead atoms. The van der Waals surface area contributed by atoms with Crippen LogP contribution >= 0.6 is 0 Å². The van der Waals surface area contributed by atoms with Crippen molar-refractivity contribution in [2.75, 3.05) is 26.3 Å². The summed E-state index contributed by atoms with van der Waals surface area (Å²) in [4.78, 5) is 11.5. The quantitative estimate of drug-likeness (QED) is 0.758.